The molecule has 1 aromatic heterocycles. The molecule has 0 bridgehead atoms. The van der Waals surface area contributed by atoms with Gasteiger partial charge in [0.1, 0.15) is 0 Å². The van der Waals surface area contributed by atoms with Crippen LogP contribution < -0.4 is 10.9 Å². The fourth-order valence-corrected chi connectivity index (χ4v) is 3.71. The molecule has 0 radical (unpaired) electrons. The van der Waals surface area contributed by atoms with E-state index in [1.165, 1.54) is 31.5 Å². The fraction of sp³-hybridized carbons (Fsp3) is 0.304. The summed E-state index contributed by atoms with van der Waals surface area (Å²) in [4.78, 5) is 22.5. The molecule has 2 heterocycles. The van der Waals surface area contributed by atoms with Gasteiger partial charge in [0.05, 0.1) is 5.69 Å². The Kier molecular flexibility index (Phi) is 5.53. The SMILES string of the molecule is Cc1nc(Nc2ccc(CN3CCCC3)cc2)[nH]c(=O)c1Cc1ccccc1. The molecule has 3 aromatic rings. The molecule has 0 saturated carbocycles. The van der Waals surface area contributed by atoms with Crippen molar-refractivity contribution in [2.45, 2.75) is 32.7 Å². The lowest BCUT2D eigenvalue weighted by molar-refractivity contribution is 0.331. The summed E-state index contributed by atoms with van der Waals surface area (Å²) in [6, 6.07) is 18.3. The van der Waals surface area contributed by atoms with Crippen molar-refractivity contribution in [3.05, 3.63) is 87.3 Å². The van der Waals surface area contributed by atoms with Gasteiger partial charge in [-0.05, 0) is 56.1 Å². The largest absolute Gasteiger partial charge is 0.326 e. The standard InChI is InChI=1S/C23H26N4O/c1-17-21(15-18-7-3-2-4-8-18)22(28)26-23(24-17)25-20-11-9-19(10-12-20)16-27-13-5-6-14-27/h2-4,7-12H,5-6,13-16H2,1H3,(H2,24,25,26,28). The number of likely N-dealkylation sites (tertiary alicyclic amines) is 1. The molecular formula is C23H26N4O. The van der Waals surface area contributed by atoms with Crippen LogP contribution in [0.15, 0.2) is 59.4 Å². The fourth-order valence-electron chi connectivity index (χ4n) is 3.71. The van der Waals surface area contributed by atoms with Gasteiger partial charge in [0.2, 0.25) is 5.95 Å². The number of anilines is 2. The Hall–Kier alpha value is -2.92. The van der Waals surface area contributed by atoms with E-state index >= 15 is 0 Å². The summed E-state index contributed by atoms with van der Waals surface area (Å²) in [5.74, 6) is 0.478. The maximum Gasteiger partial charge on any atom is 0.256 e. The van der Waals surface area contributed by atoms with Crippen LogP contribution in [0.3, 0.4) is 0 Å². The van der Waals surface area contributed by atoms with Crippen molar-refractivity contribution in [1.82, 2.24) is 14.9 Å². The Bertz CT molecular complexity index is 974. The highest BCUT2D eigenvalue weighted by Gasteiger charge is 2.12. The van der Waals surface area contributed by atoms with Crippen LogP contribution in [0.5, 0.6) is 0 Å². The van der Waals surface area contributed by atoms with Crippen LogP contribution in [0.1, 0.15) is 35.2 Å². The molecule has 5 heteroatoms. The molecule has 28 heavy (non-hydrogen) atoms. The summed E-state index contributed by atoms with van der Waals surface area (Å²) in [7, 11) is 0. The molecule has 0 atom stereocenters. The van der Waals surface area contributed by atoms with Crippen molar-refractivity contribution < 1.29 is 0 Å². The van der Waals surface area contributed by atoms with E-state index in [0.717, 1.165) is 23.5 Å². The van der Waals surface area contributed by atoms with E-state index in [0.29, 0.717) is 17.9 Å². The van der Waals surface area contributed by atoms with Crippen LogP contribution in [-0.2, 0) is 13.0 Å². The van der Waals surface area contributed by atoms with Crippen molar-refractivity contribution >= 4 is 11.6 Å². The number of aromatic amines is 1. The first-order chi connectivity index (χ1) is 13.7. The Labute approximate surface area is 165 Å². The average molecular weight is 374 g/mol. The number of benzene rings is 2. The molecule has 0 aliphatic carbocycles. The summed E-state index contributed by atoms with van der Waals surface area (Å²) in [6.45, 7) is 5.28. The molecule has 5 nitrogen and oxygen atoms in total. The van der Waals surface area contributed by atoms with E-state index in [4.69, 9.17) is 0 Å². The van der Waals surface area contributed by atoms with Crippen molar-refractivity contribution in [2.24, 2.45) is 0 Å². The molecule has 1 saturated heterocycles. The summed E-state index contributed by atoms with van der Waals surface area (Å²) in [5.41, 5.74) is 4.70. The van der Waals surface area contributed by atoms with E-state index in [1.807, 2.05) is 49.4 Å². The zero-order valence-corrected chi connectivity index (χ0v) is 16.2. The van der Waals surface area contributed by atoms with Crippen LogP contribution >= 0.6 is 0 Å². The number of H-pyrrole nitrogens is 1. The smallest absolute Gasteiger partial charge is 0.256 e. The summed E-state index contributed by atoms with van der Waals surface area (Å²) < 4.78 is 0. The van der Waals surface area contributed by atoms with Gasteiger partial charge in [0.15, 0.2) is 0 Å². The molecule has 1 fully saturated rings. The van der Waals surface area contributed by atoms with Gasteiger partial charge in [0, 0.05) is 24.2 Å². The number of aromatic nitrogens is 2. The highest BCUT2D eigenvalue weighted by Crippen LogP contribution is 2.17. The summed E-state index contributed by atoms with van der Waals surface area (Å²) in [5, 5.41) is 3.22. The number of hydrogen-bond donors (Lipinski definition) is 2. The van der Waals surface area contributed by atoms with Crippen molar-refractivity contribution in [3.63, 3.8) is 0 Å². The third-order valence-electron chi connectivity index (χ3n) is 5.27. The molecule has 2 N–H and O–H groups in total. The van der Waals surface area contributed by atoms with Gasteiger partial charge in [-0.3, -0.25) is 14.7 Å². The van der Waals surface area contributed by atoms with E-state index in [-0.39, 0.29) is 5.56 Å². The molecule has 1 aliphatic rings. The minimum Gasteiger partial charge on any atom is -0.326 e. The first-order valence-corrected chi connectivity index (χ1v) is 9.89. The van der Waals surface area contributed by atoms with Crippen LogP contribution in [0.25, 0.3) is 0 Å². The molecule has 2 aromatic carbocycles. The number of nitrogens with one attached hydrogen (secondary N) is 2. The zero-order chi connectivity index (χ0) is 19.3. The van der Waals surface area contributed by atoms with Gasteiger partial charge in [0.25, 0.3) is 5.56 Å². The van der Waals surface area contributed by atoms with Gasteiger partial charge >= 0.3 is 0 Å². The second kappa shape index (κ2) is 8.40. The second-order valence-electron chi connectivity index (χ2n) is 7.45. The second-order valence-corrected chi connectivity index (χ2v) is 7.45. The predicted octanol–water partition coefficient (Wildman–Crippen LogP) is 4.01. The van der Waals surface area contributed by atoms with Gasteiger partial charge < -0.3 is 5.32 Å². The molecule has 0 spiro atoms. The zero-order valence-electron chi connectivity index (χ0n) is 16.2. The lowest BCUT2D eigenvalue weighted by atomic mass is 10.1. The predicted molar refractivity (Wildman–Crippen MR) is 113 cm³/mol. The van der Waals surface area contributed by atoms with Crippen molar-refractivity contribution in [1.29, 1.82) is 0 Å². The lowest BCUT2D eigenvalue weighted by Gasteiger charge is -2.15. The quantitative estimate of drug-likeness (QED) is 0.684. The van der Waals surface area contributed by atoms with Gasteiger partial charge in [-0.15, -0.1) is 0 Å². The molecule has 0 amide bonds. The normalized spacial score (nSPS) is 14.3. The maximum atomic E-state index is 12.6. The number of nitrogens with zero attached hydrogens (tertiary/aromatic N) is 2. The first kappa shape index (κ1) is 18.4. The van der Waals surface area contributed by atoms with Crippen LogP contribution in [0.2, 0.25) is 0 Å². The summed E-state index contributed by atoms with van der Waals surface area (Å²) in [6.07, 6.45) is 3.19. The highest BCUT2D eigenvalue weighted by molar-refractivity contribution is 5.54. The van der Waals surface area contributed by atoms with Gasteiger partial charge in [-0.2, -0.15) is 0 Å². The summed E-state index contributed by atoms with van der Waals surface area (Å²) >= 11 is 0. The van der Waals surface area contributed by atoms with E-state index in [2.05, 4.69) is 32.3 Å². The van der Waals surface area contributed by atoms with E-state index in [9.17, 15) is 4.79 Å². The highest BCUT2D eigenvalue weighted by atomic mass is 16.1. The third kappa shape index (κ3) is 4.49. The number of rotatable bonds is 6. The molecular weight excluding hydrogens is 348 g/mol. The minimum atomic E-state index is -0.0930. The Morgan fingerprint density at radius 1 is 1.00 bits per heavy atom. The van der Waals surface area contributed by atoms with Crippen LogP contribution in [0.4, 0.5) is 11.6 Å². The lowest BCUT2D eigenvalue weighted by Crippen LogP contribution is -2.19. The molecule has 4 rings (SSSR count). The Morgan fingerprint density at radius 3 is 2.39 bits per heavy atom. The molecule has 0 unspecified atom stereocenters. The first-order valence-electron chi connectivity index (χ1n) is 9.89. The number of aryl methyl sites for hydroxylation is 1. The van der Waals surface area contributed by atoms with Crippen LogP contribution in [0, 0.1) is 6.92 Å². The topological polar surface area (TPSA) is 61.0 Å². The average Bonchev–Trinajstić information content (AvgIpc) is 3.20. The van der Waals surface area contributed by atoms with Crippen LogP contribution in [-0.4, -0.2) is 28.0 Å². The number of hydrogen-bond acceptors (Lipinski definition) is 4. The minimum absolute atomic E-state index is 0.0930. The monoisotopic (exact) mass is 374 g/mol. The van der Waals surface area contributed by atoms with Crippen molar-refractivity contribution in [3.8, 4) is 0 Å². The Morgan fingerprint density at radius 2 is 1.71 bits per heavy atom. The van der Waals surface area contributed by atoms with Gasteiger partial charge in [-0.1, -0.05) is 42.5 Å². The van der Waals surface area contributed by atoms with Gasteiger partial charge in [-0.25, -0.2) is 4.98 Å². The van der Waals surface area contributed by atoms with E-state index < -0.39 is 0 Å². The maximum absolute atomic E-state index is 12.6. The molecule has 144 valence electrons. The van der Waals surface area contributed by atoms with E-state index in [1.54, 1.807) is 0 Å². The molecule has 1 aliphatic heterocycles. The third-order valence-corrected chi connectivity index (χ3v) is 5.27. The van der Waals surface area contributed by atoms with Crippen molar-refractivity contribution in [2.75, 3.05) is 18.4 Å². The Balaban J connectivity index is 1.45.